The highest BCUT2D eigenvalue weighted by atomic mass is 19.4. The predicted molar refractivity (Wildman–Crippen MR) is 99.7 cm³/mol. The van der Waals surface area contributed by atoms with Crippen LogP contribution in [0.15, 0.2) is 48.5 Å². The minimum absolute atomic E-state index is 0.0434. The molecule has 0 fully saturated rings. The van der Waals surface area contributed by atoms with Crippen molar-refractivity contribution < 1.29 is 27.1 Å². The highest BCUT2D eigenvalue weighted by Gasteiger charge is 2.42. The average Bonchev–Trinajstić information content (AvgIpc) is 3.12. The third kappa shape index (κ3) is 4.94. The number of hydrogen-bond donors (Lipinski definition) is 1. The highest BCUT2D eigenvalue weighted by molar-refractivity contribution is 5.93. The molecule has 6 nitrogen and oxygen atoms in total. The number of aromatic nitrogens is 3. The first kappa shape index (κ1) is 21.3. The van der Waals surface area contributed by atoms with Crippen LogP contribution in [-0.4, -0.2) is 27.0 Å². The Morgan fingerprint density at radius 1 is 1.17 bits per heavy atom. The highest BCUT2D eigenvalue weighted by Crippen LogP contribution is 2.32. The molecule has 0 bridgehead atoms. The molecule has 0 unspecified atom stereocenters. The quantitative estimate of drug-likeness (QED) is 0.607. The number of benzene rings is 2. The second kappa shape index (κ2) is 8.52. The maximum absolute atomic E-state index is 13.6. The van der Waals surface area contributed by atoms with Crippen LogP contribution in [0.5, 0.6) is 5.75 Å². The molecule has 10 heteroatoms. The minimum atomic E-state index is -4.94. The fourth-order valence-corrected chi connectivity index (χ4v) is 2.74. The number of rotatable bonds is 6. The Hall–Kier alpha value is -3.43. The Bertz CT molecular complexity index is 1050. The molecule has 2 aromatic carbocycles. The van der Waals surface area contributed by atoms with Crippen LogP contribution in [0.4, 0.5) is 17.6 Å². The van der Waals surface area contributed by atoms with Crippen LogP contribution >= 0.6 is 0 Å². The number of amides is 1. The van der Waals surface area contributed by atoms with Gasteiger partial charge in [0.1, 0.15) is 11.6 Å². The molecule has 0 aliphatic heterocycles. The number of carbonyl (C=O) groups excluding carboxylic acids is 1. The van der Waals surface area contributed by atoms with Crippen molar-refractivity contribution in [2.75, 3.05) is 0 Å². The van der Waals surface area contributed by atoms with E-state index in [1.54, 1.807) is 24.3 Å². The summed E-state index contributed by atoms with van der Waals surface area (Å²) in [5.74, 6) is -1.23. The molecule has 1 N–H and O–H groups in total. The van der Waals surface area contributed by atoms with E-state index in [2.05, 4.69) is 15.6 Å². The van der Waals surface area contributed by atoms with Gasteiger partial charge in [0.05, 0.1) is 11.8 Å². The second-order valence-electron chi connectivity index (χ2n) is 6.67. The van der Waals surface area contributed by atoms with E-state index in [1.165, 1.54) is 12.1 Å². The molecule has 0 saturated carbocycles. The molecule has 1 aromatic heterocycles. The van der Waals surface area contributed by atoms with E-state index in [-0.39, 0.29) is 18.3 Å². The van der Waals surface area contributed by atoms with E-state index in [9.17, 15) is 22.4 Å². The molecule has 1 heterocycles. The lowest BCUT2D eigenvalue weighted by atomic mass is 10.2. The fraction of sp³-hybridized carbons (Fsp3) is 0.250. The zero-order valence-corrected chi connectivity index (χ0v) is 16.1. The van der Waals surface area contributed by atoms with Gasteiger partial charge in [0.25, 0.3) is 5.91 Å². The van der Waals surface area contributed by atoms with E-state index in [0.717, 1.165) is 12.1 Å². The van der Waals surface area contributed by atoms with Gasteiger partial charge in [0, 0.05) is 6.54 Å². The van der Waals surface area contributed by atoms with Crippen molar-refractivity contribution in [3.05, 3.63) is 71.3 Å². The molecule has 0 atom stereocenters. The van der Waals surface area contributed by atoms with Crippen molar-refractivity contribution in [3.63, 3.8) is 0 Å². The van der Waals surface area contributed by atoms with Gasteiger partial charge in [-0.3, -0.25) is 4.79 Å². The first-order valence-electron chi connectivity index (χ1n) is 8.98. The van der Waals surface area contributed by atoms with Crippen LogP contribution in [0.1, 0.15) is 35.6 Å². The SMILES string of the molecule is CC(C)Oc1cccc(CNC(=O)c2nnn(-c3cccc(F)c3)c2C(F)(F)F)c1. The fourth-order valence-electron chi connectivity index (χ4n) is 2.74. The molecular formula is C20H18F4N4O2. The summed E-state index contributed by atoms with van der Waals surface area (Å²) in [5, 5.41) is 9.21. The maximum Gasteiger partial charge on any atom is 0.435 e. The van der Waals surface area contributed by atoms with Crippen LogP contribution in [0, 0.1) is 5.82 Å². The minimum Gasteiger partial charge on any atom is -0.491 e. The van der Waals surface area contributed by atoms with Crippen molar-refractivity contribution in [2.45, 2.75) is 32.7 Å². The summed E-state index contributed by atoms with van der Waals surface area (Å²) in [6.45, 7) is 3.67. The number of halogens is 4. The topological polar surface area (TPSA) is 69.0 Å². The Morgan fingerprint density at radius 2 is 1.90 bits per heavy atom. The van der Waals surface area contributed by atoms with Gasteiger partial charge in [-0.05, 0) is 49.7 Å². The number of nitrogens with one attached hydrogen (secondary N) is 1. The molecule has 0 spiro atoms. The summed E-state index contributed by atoms with van der Waals surface area (Å²) in [7, 11) is 0. The van der Waals surface area contributed by atoms with Gasteiger partial charge >= 0.3 is 6.18 Å². The summed E-state index contributed by atoms with van der Waals surface area (Å²) in [6, 6.07) is 11.2. The number of hydrogen-bond acceptors (Lipinski definition) is 4. The summed E-state index contributed by atoms with van der Waals surface area (Å²) >= 11 is 0. The van der Waals surface area contributed by atoms with Crippen molar-refractivity contribution in [1.82, 2.24) is 20.3 Å². The van der Waals surface area contributed by atoms with E-state index in [1.807, 2.05) is 13.8 Å². The Labute approximate surface area is 169 Å². The smallest absolute Gasteiger partial charge is 0.435 e. The molecule has 0 aliphatic carbocycles. The van der Waals surface area contributed by atoms with Gasteiger partial charge < -0.3 is 10.1 Å². The monoisotopic (exact) mass is 422 g/mol. The van der Waals surface area contributed by atoms with Crippen molar-refractivity contribution in [2.24, 2.45) is 0 Å². The Kier molecular flexibility index (Phi) is 6.04. The standard InChI is InChI=1S/C20H18F4N4O2/c1-12(2)30-16-8-3-5-13(9-16)11-25-19(29)17-18(20(22,23)24)28(27-26-17)15-7-4-6-14(21)10-15/h3-10,12H,11H2,1-2H3,(H,25,29). The largest absolute Gasteiger partial charge is 0.491 e. The molecule has 158 valence electrons. The van der Waals surface area contributed by atoms with Gasteiger partial charge in [-0.15, -0.1) is 5.10 Å². The summed E-state index contributed by atoms with van der Waals surface area (Å²) in [5.41, 5.74) is -1.86. The van der Waals surface area contributed by atoms with Gasteiger partial charge in [-0.1, -0.05) is 23.4 Å². The molecule has 0 radical (unpaired) electrons. The normalized spacial score (nSPS) is 11.6. The van der Waals surface area contributed by atoms with Crippen LogP contribution in [0.2, 0.25) is 0 Å². The van der Waals surface area contributed by atoms with Gasteiger partial charge in [-0.2, -0.15) is 13.2 Å². The summed E-state index contributed by atoms with van der Waals surface area (Å²) < 4.78 is 60.3. The van der Waals surface area contributed by atoms with Crippen molar-refractivity contribution in [3.8, 4) is 11.4 Å². The zero-order chi connectivity index (χ0) is 21.9. The molecule has 1 amide bonds. The molecule has 30 heavy (non-hydrogen) atoms. The zero-order valence-electron chi connectivity index (χ0n) is 16.1. The van der Waals surface area contributed by atoms with E-state index in [0.29, 0.717) is 16.0 Å². The third-order valence-corrected chi connectivity index (χ3v) is 3.93. The summed E-state index contributed by atoms with van der Waals surface area (Å²) in [6.07, 6.45) is -4.99. The van der Waals surface area contributed by atoms with Gasteiger partial charge in [0.15, 0.2) is 11.4 Å². The molecule has 3 rings (SSSR count). The first-order valence-corrected chi connectivity index (χ1v) is 8.98. The van der Waals surface area contributed by atoms with Crippen molar-refractivity contribution in [1.29, 1.82) is 0 Å². The molecule has 0 saturated heterocycles. The van der Waals surface area contributed by atoms with Crippen LogP contribution in [0.3, 0.4) is 0 Å². The summed E-state index contributed by atoms with van der Waals surface area (Å²) in [4.78, 5) is 12.4. The number of nitrogens with zero attached hydrogens (tertiary/aromatic N) is 3. The first-order chi connectivity index (χ1) is 14.1. The number of ether oxygens (including phenoxy) is 1. The van der Waals surface area contributed by atoms with Crippen LogP contribution < -0.4 is 10.1 Å². The van der Waals surface area contributed by atoms with E-state index in [4.69, 9.17) is 4.74 Å². The predicted octanol–water partition coefficient (Wildman–Crippen LogP) is 4.14. The molecule has 0 aliphatic rings. The lowest BCUT2D eigenvalue weighted by Crippen LogP contribution is -2.27. The molecular weight excluding hydrogens is 404 g/mol. The van der Waals surface area contributed by atoms with Gasteiger partial charge in [0.2, 0.25) is 0 Å². The van der Waals surface area contributed by atoms with E-state index >= 15 is 0 Å². The second-order valence-corrected chi connectivity index (χ2v) is 6.67. The third-order valence-electron chi connectivity index (χ3n) is 3.93. The lowest BCUT2D eigenvalue weighted by Gasteiger charge is -2.12. The van der Waals surface area contributed by atoms with E-state index < -0.39 is 29.3 Å². The van der Waals surface area contributed by atoms with Crippen molar-refractivity contribution >= 4 is 5.91 Å². The molecule has 3 aromatic rings. The average molecular weight is 422 g/mol. The van der Waals surface area contributed by atoms with Gasteiger partial charge in [-0.25, -0.2) is 9.07 Å². The van der Waals surface area contributed by atoms with Crippen LogP contribution in [0.25, 0.3) is 5.69 Å². The Balaban J connectivity index is 1.84. The number of alkyl halides is 3. The lowest BCUT2D eigenvalue weighted by molar-refractivity contribution is -0.143. The van der Waals surface area contributed by atoms with Crippen LogP contribution in [-0.2, 0) is 12.7 Å². The maximum atomic E-state index is 13.6. The number of carbonyl (C=O) groups is 1. The Morgan fingerprint density at radius 3 is 2.57 bits per heavy atom.